The zero-order valence-electron chi connectivity index (χ0n) is 33.5. The average Bonchev–Trinajstić information content (AvgIpc) is 3.08. The van der Waals surface area contributed by atoms with Gasteiger partial charge in [0, 0.05) is 19.3 Å². The van der Waals surface area contributed by atoms with Crippen LogP contribution in [0.3, 0.4) is 0 Å². The number of nitrogens with zero attached hydrogens (tertiary/aromatic N) is 1. The van der Waals surface area contributed by atoms with E-state index in [1.807, 2.05) is 6.08 Å². The number of quaternary nitrogens is 1. The van der Waals surface area contributed by atoms with Gasteiger partial charge in [0.15, 0.2) is 6.10 Å². The number of carboxylic acids is 1. The van der Waals surface area contributed by atoms with Crippen LogP contribution in [0.15, 0.2) is 36.5 Å². The predicted octanol–water partition coefficient (Wildman–Crippen LogP) is 9.35. The maximum Gasteiger partial charge on any atom is 0.306 e. The molecule has 0 fully saturated rings. The van der Waals surface area contributed by atoms with Crippen LogP contribution >= 0.6 is 0 Å². The molecule has 0 aromatic heterocycles. The highest BCUT2D eigenvalue weighted by Crippen LogP contribution is 2.12. The highest BCUT2D eigenvalue weighted by atomic mass is 16.6. The minimum Gasteiger partial charge on any atom is -0.544 e. The lowest BCUT2D eigenvalue weighted by Crippen LogP contribution is -2.55. The molecule has 2 atom stereocenters. The van der Waals surface area contributed by atoms with Crippen LogP contribution < -0.4 is 5.11 Å². The molecule has 0 aliphatic rings. The van der Waals surface area contributed by atoms with E-state index < -0.39 is 18.1 Å². The van der Waals surface area contributed by atoms with E-state index in [0.717, 1.165) is 44.9 Å². The van der Waals surface area contributed by atoms with Gasteiger partial charge in [0.2, 0.25) is 0 Å². The van der Waals surface area contributed by atoms with Crippen LogP contribution in [0, 0.1) is 0 Å². The summed E-state index contributed by atoms with van der Waals surface area (Å²) in [6, 6.07) is -0.735. The van der Waals surface area contributed by atoms with Gasteiger partial charge in [-0.15, -0.1) is 0 Å². The van der Waals surface area contributed by atoms with Crippen LogP contribution in [0.1, 0.15) is 168 Å². The number of hydrogen-bond donors (Lipinski definition) is 0. The third-order valence-corrected chi connectivity index (χ3v) is 9.01. The van der Waals surface area contributed by atoms with E-state index in [9.17, 15) is 19.5 Å². The van der Waals surface area contributed by atoms with Crippen LogP contribution in [0.5, 0.6) is 0 Å². The Hall–Kier alpha value is -2.45. The van der Waals surface area contributed by atoms with Gasteiger partial charge < -0.3 is 28.6 Å². The van der Waals surface area contributed by atoms with Crippen LogP contribution in [-0.2, 0) is 28.6 Å². The molecule has 8 nitrogen and oxygen atoms in total. The Labute approximate surface area is 313 Å². The zero-order chi connectivity index (χ0) is 37.8. The molecule has 0 radical (unpaired) electrons. The van der Waals surface area contributed by atoms with Gasteiger partial charge in [-0.3, -0.25) is 9.59 Å². The molecule has 0 aromatic rings. The van der Waals surface area contributed by atoms with Crippen LogP contribution in [0.25, 0.3) is 0 Å². The third-order valence-electron chi connectivity index (χ3n) is 9.01. The highest BCUT2D eigenvalue weighted by Gasteiger charge is 2.25. The number of rotatable bonds is 36. The lowest BCUT2D eigenvalue weighted by atomic mass is 10.1. The van der Waals surface area contributed by atoms with Crippen molar-refractivity contribution >= 4 is 17.9 Å². The van der Waals surface area contributed by atoms with E-state index in [-0.39, 0.29) is 49.1 Å². The molecule has 8 heteroatoms. The Morgan fingerprint density at radius 3 is 1.61 bits per heavy atom. The summed E-state index contributed by atoms with van der Waals surface area (Å²) in [5.74, 6) is -1.84. The van der Waals surface area contributed by atoms with Crippen molar-refractivity contribution < 1.29 is 38.2 Å². The molecule has 0 amide bonds. The largest absolute Gasteiger partial charge is 0.544 e. The number of likely N-dealkylation sites (N-methyl/N-ethyl adjacent to an activating group) is 1. The summed E-state index contributed by atoms with van der Waals surface area (Å²) in [5.41, 5.74) is 0. The van der Waals surface area contributed by atoms with Crippen molar-refractivity contribution in [2.45, 2.75) is 180 Å². The Kier molecular flexibility index (Phi) is 33.0. The molecule has 2 unspecified atom stereocenters. The van der Waals surface area contributed by atoms with E-state index in [2.05, 4.69) is 44.2 Å². The molecule has 0 N–H and O–H groups in total. The van der Waals surface area contributed by atoms with Crippen molar-refractivity contribution in [2.75, 3.05) is 41.0 Å². The van der Waals surface area contributed by atoms with E-state index in [4.69, 9.17) is 14.2 Å². The van der Waals surface area contributed by atoms with Gasteiger partial charge in [0.05, 0.1) is 40.3 Å². The number of unbranched alkanes of at least 4 members (excludes halogenated alkanes) is 16. The molecule has 0 aliphatic carbocycles. The summed E-state index contributed by atoms with van der Waals surface area (Å²) in [6.07, 6.45) is 37.5. The molecule has 0 bridgehead atoms. The van der Waals surface area contributed by atoms with Gasteiger partial charge in [-0.1, -0.05) is 127 Å². The summed E-state index contributed by atoms with van der Waals surface area (Å²) >= 11 is 0. The number of ether oxygens (including phenoxy) is 3. The van der Waals surface area contributed by atoms with Crippen LogP contribution in [-0.4, -0.2) is 75.5 Å². The molecular formula is C43H77NO7. The van der Waals surface area contributed by atoms with E-state index in [0.29, 0.717) is 12.8 Å². The van der Waals surface area contributed by atoms with Crippen LogP contribution in [0.4, 0.5) is 0 Å². The molecule has 0 saturated heterocycles. The molecule has 0 heterocycles. The fourth-order valence-corrected chi connectivity index (χ4v) is 5.76. The number of aliphatic carboxylic acids is 1. The van der Waals surface area contributed by atoms with Gasteiger partial charge in [-0.05, 0) is 57.8 Å². The standard InChI is InChI=1S/C43H77NO7/c1-6-8-10-12-14-16-18-20-22-23-25-27-29-31-33-41(45)50-38-39(37-49-36-35-40(43(47)48)44(3,4)5)51-42(46)34-32-30-28-26-24-21-19-17-15-13-11-9-7-2/h21-24,28,30,39-40H,6-20,25-27,29,31-38H2,1-5H3/b23-22+,24-21+,30-28+. The monoisotopic (exact) mass is 720 g/mol. The Morgan fingerprint density at radius 1 is 0.588 bits per heavy atom. The summed E-state index contributed by atoms with van der Waals surface area (Å²) in [5, 5.41) is 11.6. The van der Waals surface area contributed by atoms with Crippen molar-refractivity contribution in [2.24, 2.45) is 0 Å². The Bertz CT molecular complexity index is 937. The first-order valence-corrected chi connectivity index (χ1v) is 20.5. The Morgan fingerprint density at radius 2 is 1.08 bits per heavy atom. The minimum absolute atomic E-state index is 0.0142. The molecular weight excluding hydrogens is 642 g/mol. The van der Waals surface area contributed by atoms with Crippen molar-refractivity contribution in [3.8, 4) is 0 Å². The zero-order valence-corrected chi connectivity index (χ0v) is 33.5. The maximum absolute atomic E-state index is 12.6. The van der Waals surface area contributed by atoms with Crippen molar-refractivity contribution in [3.05, 3.63) is 36.5 Å². The molecule has 51 heavy (non-hydrogen) atoms. The fourth-order valence-electron chi connectivity index (χ4n) is 5.76. The SMILES string of the molecule is CCCCCCCC/C=C/C/C=C/CCC(=O)OC(COCCC(C(=O)[O-])[N+](C)(C)C)COC(=O)CCCCC/C=C/CCCCCCCCC. The van der Waals surface area contributed by atoms with Crippen molar-refractivity contribution in [1.82, 2.24) is 0 Å². The number of carbonyl (C=O) groups excluding carboxylic acids is 3. The number of allylic oxidation sites excluding steroid dienone is 6. The molecule has 0 spiro atoms. The molecule has 0 aliphatic heterocycles. The first kappa shape index (κ1) is 48.5. The summed E-state index contributed by atoms with van der Waals surface area (Å²) in [4.78, 5) is 36.7. The van der Waals surface area contributed by atoms with E-state index in [1.165, 1.54) is 83.5 Å². The molecule has 296 valence electrons. The molecule has 0 saturated carbocycles. The van der Waals surface area contributed by atoms with Gasteiger partial charge in [0.25, 0.3) is 0 Å². The van der Waals surface area contributed by atoms with E-state index >= 15 is 0 Å². The van der Waals surface area contributed by atoms with Gasteiger partial charge in [-0.2, -0.15) is 0 Å². The molecule has 0 rings (SSSR count). The summed E-state index contributed by atoms with van der Waals surface area (Å²) < 4.78 is 17.0. The van der Waals surface area contributed by atoms with Crippen LogP contribution in [0.2, 0.25) is 0 Å². The molecule has 0 aromatic carbocycles. The third kappa shape index (κ3) is 33.2. The Balaban J connectivity index is 4.49. The number of esters is 2. The van der Waals surface area contributed by atoms with Crippen molar-refractivity contribution in [3.63, 3.8) is 0 Å². The smallest absolute Gasteiger partial charge is 0.306 e. The maximum atomic E-state index is 12.6. The average molecular weight is 720 g/mol. The van der Waals surface area contributed by atoms with Gasteiger partial charge in [0.1, 0.15) is 12.6 Å². The minimum atomic E-state index is -1.14. The van der Waals surface area contributed by atoms with E-state index in [1.54, 1.807) is 21.1 Å². The van der Waals surface area contributed by atoms with Crippen molar-refractivity contribution in [1.29, 1.82) is 0 Å². The lowest BCUT2D eigenvalue weighted by molar-refractivity contribution is -0.889. The number of carbonyl (C=O) groups is 3. The fraction of sp³-hybridized carbons (Fsp3) is 0.791. The second kappa shape index (κ2) is 34.6. The normalized spacial score (nSPS) is 13.4. The summed E-state index contributed by atoms with van der Waals surface area (Å²) in [6.45, 7) is 4.56. The first-order valence-electron chi connectivity index (χ1n) is 20.5. The second-order valence-corrected chi connectivity index (χ2v) is 14.9. The van der Waals surface area contributed by atoms with Gasteiger partial charge in [-0.25, -0.2) is 0 Å². The lowest BCUT2D eigenvalue weighted by Gasteiger charge is -2.34. The quantitative estimate of drug-likeness (QED) is 0.0275. The number of carboxylic acid groups (broad SMARTS) is 1. The highest BCUT2D eigenvalue weighted by molar-refractivity contribution is 5.70. The van der Waals surface area contributed by atoms with Gasteiger partial charge >= 0.3 is 11.9 Å². The summed E-state index contributed by atoms with van der Waals surface area (Å²) in [7, 11) is 5.38. The number of hydrogen-bond acceptors (Lipinski definition) is 7. The second-order valence-electron chi connectivity index (χ2n) is 14.9. The first-order chi connectivity index (χ1) is 24.6. The predicted molar refractivity (Wildman–Crippen MR) is 208 cm³/mol. The topological polar surface area (TPSA) is 102 Å².